The van der Waals surface area contributed by atoms with Crippen molar-refractivity contribution in [2.45, 2.75) is 11.3 Å². The zero-order valence-electron chi connectivity index (χ0n) is 14.0. The number of halogens is 2. The summed E-state index contributed by atoms with van der Waals surface area (Å²) in [7, 11) is -3.70. The normalized spacial score (nSPS) is 18.6. The standard InChI is InChI=1S/C16H15F2N5O3S/c17-14(18)11-9-13(24)20-16(19-11)23-7-5-22(6-8-23)15-10-3-1-2-4-12(10)27(25,26)21-15/h1-4,9,14H,5-8H2,(H,19,20,24). The molecule has 0 spiro atoms. The molecule has 11 heteroatoms. The quantitative estimate of drug-likeness (QED) is 0.814. The summed E-state index contributed by atoms with van der Waals surface area (Å²) in [4.78, 5) is 21.6. The van der Waals surface area contributed by atoms with Gasteiger partial charge >= 0.3 is 0 Å². The van der Waals surface area contributed by atoms with E-state index in [-0.39, 0.29) is 10.8 Å². The molecule has 1 saturated heterocycles. The number of sulfonamides is 1. The predicted molar refractivity (Wildman–Crippen MR) is 93.8 cm³/mol. The number of hydrogen-bond acceptors (Lipinski definition) is 6. The van der Waals surface area contributed by atoms with Crippen LogP contribution in [0.25, 0.3) is 0 Å². The summed E-state index contributed by atoms with van der Waals surface area (Å²) in [6.45, 7) is 1.56. The molecule has 4 rings (SSSR count). The molecular formula is C16H15F2N5O3S. The smallest absolute Gasteiger partial charge is 0.285 e. The highest BCUT2D eigenvalue weighted by atomic mass is 32.2. The van der Waals surface area contributed by atoms with E-state index in [4.69, 9.17) is 0 Å². The Morgan fingerprint density at radius 3 is 2.44 bits per heavy atom. The van der Waals surface area contributed by atoms with Gasteiger partial charge in [0.05, 0.1) is 0 Å². The molecule has 0 atom stereocenters. The summed E-state index contributed by atoms with van der Waals surface area (Å²) in [6.07, 6.45) is -2.83. The summed E-state index contributed by atoms with van der Waals surface area (Å²) in [5.74, 6) is 0.465. The number of benzene rings is 1. The third kappa shape index (κ3) is 3.18. The van der Waals surface area contributed by atoms with Crippen molar-refractivity contribution in [3.8, 4) is 0 Å². The number of aromatic amines is 1. The van der Waals surface area contributed by atoms with E-state index >= 15 is 0 Å². The number of hydrogen-bond donors (Lipinski definition) is 1. The van der Waals surface area contributed by atoms with E-state index in [1.165, 1.54) is 6.07 Å². The van der Waals surface area contributed by atoms with Gasteiger partial charge in [0.2, 0.25) is 5.95 Å². The monoisotopic (exact) mass is 395 g/mol. The molecule has 8 nitrogen and oxygen atoms in total. The van der Waals surface area contributed by atoms with E-state index in [1.54, 1.807) is 23.1 Å². The van der Waals surface area contributed by atoms with Crippen LogP contribution in [0.4, 0.5) is 14.7 Å². The Bertz CT molecular complexity index is 1080. The summed E-state index contributed by atoms with van der Waals surface area (Å²) >= 11 is 0. The molecule has 142 valence electrons. The molecule has 0 amide bonds. The van der Waals surface area contributed by atoms with Gasteiger partial charge in [-0.15, -0.1) is 4.40 Å². The average molecular weight is 395 g/mol. The molecular weight excluding hydrogens is 380 g/mol. The maximum Gasteiger partial charge on any atom is 0.285 e. The largest absolute Gasteiger partial charge is 0.352 e. The third-order valence-corrected chi connectivity index (χ3v) is 5.79. The van der Waals surface area contributed by atoms with E-state index in [9.17, 15) is 22.0 Å². The van der Waals surface area contributed by atoms with E-state index < -0.39 is 27.7 Å². The summed E-state index contributed by atoms with van der Waals surface area (Å²) in [5.41, 5.74) is -0.661. The van der Waals surface area contributed by atoms with Gasteiger partial charge < -0.3 is 9.80 Å². The van der Waals surface area contributed by atoms with Crippen LogP contribution in [0.1, 0.15) is 17.7 Å². The van der Waals surface area contributed by atoms with E-state index in [1.807, 2.05) is 4.90 Å². The van der Waals surface area contributed by atoms with E-state index in [0.29, 0.717) is 37.6 Å². The molecule has 2 aliphatic heterocycles. The van der Waals surface area contributed by atoms with Crippen LogP contribution in [-0.2, 0) is 10.0 Å². The fourth-order valence-corrected chi connectivity index (χ4v) is 4.40. The average Bonchev–Trinajstić information content (AvgIpc) is 2.93. The predicted octanol–water partition coefficient (Wildman–Crippen LogP) is 0.979. The Kier molecular flexibility index (Phi) is 4.17. The number of piperazine rings is 1. The van der Waals surface area contributed by atoms with Gasteiger partial charge in [0.25, 0.3) is 22.0 Å². The van der Waals surface area contributed by atoms with Crippen molar-refractivity contribution in [2.24, 2.45) is 4.40 Å². The molecule has 0 bridgehead atoms. The maximum atomic E-state index is 12.9. The van der Waals surface area contributed by atoms with Crippen LogP contribution in [0.3, 0.4) is 0 Å². The Labute approximate surface area is 153 Å². The summed E-state index contributed by atoms with van der Waals surface area (Å²) in [6, 6.07) is 7.39. The molecule has 0 unspecified atom stereocenters. The van der Waals surface area contributed by atoms with Crippen molar-refractivity contribution in [3.63, 3.8) is 0 Å². The van der Waals surface area contributed by atoms with Crippen LogP contribution in [0, 0.1) is 0 Å². The zero-order valence-corrected chi connectivity index (χ0v) is 14.8. The van der Waals surface area contributed by atoms with Crippen LogP contribution in [-0.4, -0.2) is 55.3 Å². The van der Waals surface area contributed by atoms with Gasteiger partial charge in [0, 0.05) is 37.8 Å². The minimum absolute atomic E-state index is 0.0823. The van der Waals surface area contributed by atoms with Crippen molar-refractivity contribution in [1.29, 1.82) is 0 Å². The number of amidine groups is 1. The number of fused-ring (bicyclic) bond motifs is 1. The van der Waals surface area contributed by atoms with Gasteiger partial charge in [-0.25, -0.2) is 13.8 Å². The lowest BCUT2D eigenvalue weighted by atomic mass is 10.1. The molecule has 3 heterocycles. The van der Waals surface area contributed by atoms with Gasteiger partial charge in [-0.1, -0.05) is 12.1 Å². The first-order valence-corrected chi connectivity index (χ1v) is 9.63. The summed E-state index contributed by atoms with van der Waals surface area (Å²) < 4.78 is 54.0. The lowest BCUT2D eigenvalue weighted by molar-refractivity contribution is 0.146. The Hall–Kier alpha value is -2.82. The first-order valence-electron chi connectivity index (χ1n) is 8.19. The van der Waals surface area contributed by atoms with Crippen LogP contribution >= 0.6 is 0 Å². The molecule has 2 aliphatic rings. The minimum atomic E-state index is -3.70. The molecule has 1 fully saturated rings. The van der Waals surface area contributed by atoms with Crippen molar-refractivity contribution >= 4 is 21.8 Å². The van der Waals surface area contributed by atoms with E-state index in [2.05, 4.69) is 14.4 Å². The van der Waals surface area contributed by atoms with Gasteiger partial charge in [-0.2, -0.15) is 8.42 Å². The van der Waals surface area contributed by atoms with Crippen molar-refractivity contribution < 1.29 is 17.2 Å². The van der Waals surface area contributed by atoms with Crippen molar-refractivity contribution in [3.05, 3.63) is 51.9 Å². The van der Waals surface area contributed by atoms with Crippen LogP contribution in [0.15, 0.2) is 44.4 Å². The molecule has 2 aromatic rings. The Balaban J connectivity index is 1.55. The zero-order chi connectivity index (χ0) is 19.2. The van der Waals surface area contributed by atoms with Gasteiger partial charge in [-0.3, -0.25) is 9.78 Å². The number of alkyl halides is 2. The number of aromatic nitrogens is 2. The molecule has 0 aliphatic carbocycles. The number of anilines is 1. The second-order valence-corrected chi connectivity index (χ2v) is 7.73. The first kappa shape index (κ1) is 17.6. The highest BCUT2D eigenvalue weighted by molar-refractivity contribution is 7.90. The number of rotatable bonds is 2. The SMILES string of the molecule is O=c1cc(C(F)F)nc(N2CCN(C3=NS(=O)(=O)c4ccccc43)CC2)[nH]1. The fourth-order valence-electron chi connectivity index (χ4n) is 3.17. The van der Waals surface area contributed by atoms with Gasteiger partial charge in [0.15, 0.2) is 5.84 Å². The number of nitrogens with zero attached hydrogens (tertiary/aromatic N) is 4. The minimum Gasteiger partial charge on any atom is -0.352 e. The first-order chi connectivity index (χ1) is 12.8. The van der Waals surface area contributed by atoms with Crippen LogP contribution < -0.4 is 10.5 Å². The highest BCUT2D eigenvalue weighted by Crippen LogP contribution is 2.28. The Morgan fingerprint density at radius 2 is 1.74 bits per heavy atom. The van der Waals surface area contributed by atoms with Crippen LogP contribution in [0.2, 0.25) is 0 Å². The fraction of sp³-hybridized carbons (Fsp3) is 0.312. The van der Waals surface area contributed by atoms with Gasteiger partial charge in [0.1, 0.15) is 10.6 Å². The molecule has 1 aromatic carbocycles. The summed E-state index contributed by atoms with van der Waals surface area (Å²) in [5, 5.41) is 0. The van der Waals surface area contributed by atoms with E-state index in [0.717, 1.165) is 6.07 Å². The number of nitrogens with one attached hydrogen (secondary N) is 1. The third-order valence-electron chi connectivity index (χ3n) is 4.46. The molecule has 27 heavy (non-hydrogen) atoms. The maximum absolute atomic E-state index is 12.9. The lowest BCUT2D eigenvalue weighted by Gasteiger charge is -2.36. The second kappa shape index (κ2) is 6.41. The van der Waals surface area contributed by atoms with Crippen molar-refractivity contribution in [2.75, 3.05) is 31.1 Å². The number of H-pyrrole nitrogens is 1. The molecule has 1 aromatic heterocycles. The van der Waals surface area contributed by atoms with Crippen LogP contribution in [0.5, 0.6) is 0 Å². The second-order valence-electron chi connectivity index (χ2n) is 6.15. The molecule has 1 N–H and O–H groups in total. The molecule has 0 saturated carbocycles. The van der Waals surface area contributed by atoms with Gasteiger partial charge in [-0.05, 0) is 12.1 Å². The Morgan fingerprint density at radius 1 is 1.07 bits per heavy atom. The highest BCUT2D eigenvalue weighted by Gasteiger charge is 2.33. The lowest BCUT2D eigenvalue weighted by Crippen LogP contribution is -2.49. The topological polar surface area (TPSA) is 98.7 Å². The van der Waals surface area contributed by atoms with Crippen molar-refractivity contribution in [1.82, 2.24) is 14.9 Å². The molecule has 0 radical (unpaired) electrons.